The summed E-state index contributed by atoms with van der Waals surface area (Å²) in [5.74, 6) is 0.260. The highest BCUT2D eigenvalue weighted by Gasteiger charge is 2.15. The van der Waals surface area contributed by atoms with E-state index in [2.05, 4.69) is 20.2 Å². The minimum absolute atomic E-state index is 0.115. The smallest absolute Gasteiger partial charge is 0.251 e. The van der Waals surface area contributed by atoms with Crippen LogP contribution in [0.25, 0.3) is 0 Å². The van der Waals surface area contributed by atoms with E-state index in [1.165, 1.54) is 24.3 Å². The third-order valence-electron chi connectivity index (χ3n) is 4.05. The maximum atomic E-state index is 12.4. The van der Waals surface area contributed by atoms with Crippen molar-refractivity contribution in [2.24, 2.45) is 7.05 Å². The van der Waals surface area contributed by atoms with Crippen LogP contribution >= 0.6 is 23.6 Å². The predicted octanol–water partition coefficient (Wildman–Crippen LogP) is 1.99. The van der Waals surface area contributed by atoms with Gasteiger partial charge in [-0.15, -0.1) is 11.3 Å². The molecule has 0 saturated carbocycles. The third kappa shape index (κ3) is 4.93. The number of hydrogen-bond acceptors (Lipinski definition) is 6. The van der Waals surface area contributed by atoms with Gasteiger partial charge in [0.25, 0.3) is 5.91 Å². The lowest BCUT2D eigenvalue weighted by Crippen LogP contribution is -2.26. The summed E-state index contributed by atoms with van der Waals surface area (Å²) in [6.07, 6.45) is 0.633. The standard InChI is InChI=1S/C17H19N5O3S3/c1-22-15(20-21-17(22)26)11-18-16(23)12-4-6-14(7-5-12)28(24,25)19-9-8-13-3-2-10-27-13/h2-7,10,19H,8-9,11H2,1H3,(H,18,23)(H,21,26). The molecule has 148 valence electrons. The topological polar surface area (TPSA) is 109 Å². The van der Waals surface area contributed by atoms with Crippen molar-refractivity contribution < 1.29 is 13.2 Å². The van der Waals surface area contributed by atoms with E-state index < -0.39 is 10.0 Å². The second kappa shape index (κ2) is 8.78. The van der Waals surface area contributed by atoms with E-state index in [0.717, 1.165) is 4.88 Å². The zero-order valence-electron chi connectivity index (χ0n) is 15.0. The van der Waals surface area contributed by atoms with Crippen molar-refractivity contribution in [1.29, 1.82) is 0 Å². The van der Waals surface area contributed by atoms with Gasteiger partial charge in [-0.2, -0.15) is 5.10 Å². The Bertz CT molecular complexity index is 1100. The molecule has 0 aliphatic carbocycles. The van der Waals surface area contributed by atoms with Gasteiger partial charge in [-0.25, -0.2) is 13.1 Å². The average Bonchev–Trinajstić information content (AvgIpc) is 3.31. The van der Waals surface area contributed by atoms with Gasteiger partial charge in [0.15, 0.2) is 10.6 Å². The first-order valence-corrected chi connectivity index (χ1v) is 11.1. The summed E-state index contributed by atoms with van der Waals surface area (Å²) < 4.78 is 29.4. The van der Waals surface area contributed by atoms with Crippen molar-refractivity contribution in [1.82, 2.24) is 24.8 Å². The highest BCUT2D eigenvalue weighted by atomic mass is 32.2. The summed E-state index contributed by atoms with van der Waals surface area (Å²) in [5.41, 5.74) is 0.356. The molecule has 0 aliphatic heterocycles. The summed E-state index contributed by atoms with van der Waals surface area (Å²) >= 11 is 6.61. The van der Waals surface area contributed by atoms with Crippen molar-refractivity contribution in [3.63, 3.8) is 0 Å². The molecular formula is C17H19N5O3S3. The third-order valence-corrected chi connectivity index (χ3v) is 6.83. The van der Waals surface area contributed by atoms with Crippen LogP contribution in [0.2, 0.25) is 0 Å². The first kappa shape index (κ1) is 20.4. The second-order valence-corrected chi connectivity index (χ2v) is 9.12. The summed E-state index contributed by atoms with van der Waals surface area (Å²) in [7, 11) is -1.87. The number of rotatable bonds is 8. The Morgan fingerprint density at radius 3 is 2.64 bits per heavy atom. The Balaban J connectivity index is 1.57. The van der Waals surface area contributed by atoms with Crippen LogP contribution in [-0.2, 0) is 30.0 Å². The summed E-state index contributed by atoms with van der Waals surface area (Å²) in [6, 6.07) is 9.68. The number of amides is 1. The zero-order valence-corrected chi connectivity index (χ0v) is 17.5. The van der Waals surface area contributed by atoms with E-state index in [9.17, 15) is 13.2 Å². The number of nitrogens with zero attached hydrogens (tertiary/aromatic N) is 2. The van der Waals surface area contributed by atoms with Crippen LogP contribution in [0, 0.1) is 4.77 Å². The van der Waals surface area contributed by atoms with Gasteiger partial charge in [-0.1, -0.05) is 6.07 Å². The van der Waals surface area contributed by atoms with Crippen LogP contribution in [0.1, 0.15) is 21.1 Å². The number of aromatic nitrogens is 3. The molecule has 0 spiro atoms. The Kier molecular flexibility index (Phi) is 6.39. The number of H-pyrrole nitrogens is 1. The molecule has 1 aromatic carbocycles. The lowest BCUT2D eigenvalue weighted by atomic mass is 10.2. The minimum atomic E-state index is -3.62. The fraction of sp³-hybridized carbons (Fsp3) is 0.235. The number of sulfonamides is 1. The lowest BCUT2D eigenvalue weighted by molar-refractivity contribution is 0.0949. The number of aromatic amines is 1. The molecule has 3 rings (SSSR count). The highest BCUT2D eigenvalue weighted by molar-refractivity contribution is 7.89. The molecule has 3 N–H and O–H groups in total. The molecule has 0 bridgehead atoms. The first-order valence-electron chi connectivity index (χ1n) is 8.37. The van der Waals surface area contributed by atoms with Gasteiger partial charge in [0.1, 0.15) is 0 Å². The quantitative estimate of drug-likeness (QED) is 0.467. The maximum Gasteiger partial charge on any atom is 0.251 e. The molecule has 1 amide bonds. The van der Waals surface area contributed by atoms with E-state index in [1.54, 1.807) is 23.0 Å². The van der Waals surface area contributed by atoms with Crippen LogP contribution in [0.15, 0.2) is 46.7 Å². The lowest BCUT2D eigenvalue weighted by Gasteiger charge is -2.08. The van der Waals surface area contributed by atoms with E-state index in [1.807, 2.05) is 17.5 Å². The number of thiophene rings is 1. The molecule has 28 heavy (non-hydrogen) atoms. The number of benzene rings is 1. The van der Waals surface area contributed by atoms with Gasteiger partial charge in [-0.3, -0.25) is 9.89 Å². The van der Waals surface area contributed by atoms with Crippen LogP contribution in [-0.4, -0.2) is 35.6 Å². The summed E-state index contributed by atoms with van der Waals surface area (Å²) in [4.78, 5) is 13.5. The Morgan fingerprint density at radius 2 is 2.04 bits per heavy atom. The van der Waals surface area contributed by atoms with Crippen LogP contribution in [0.3, 0.4) is 0 Å². The molecule has 0 radical (unpaired) electrons. The zero-order chi connectivity index (χ0) is 20.1. The fourth-order valence-electron chi connectivity index (χ4n) is 2.43. The van der Waals surface area contributed by atoms with Gasteiger partial charge < -0.3 is 9.88 Å². The van der Waals surface area contributed by atoms with Crippen LogP contribution < -0.4 is 10.0 Å². The predicted molar refractivity (Wildman–Crippen MR) is 109 cm³/mol. The van der Waals surface area contributed by atoms with Gasteiger partial charge in [0.05, 0.1) is 11.4 Å². The van der Waals surface area contributed by atoms with Crippen molar-refractivity contribution in [3.05, 3.63) is 62.8 Å². The normalized spacial score (nSPS) is 11.5. The molecule has 11 heteroatoms. The highest BCUT2D eigenvalue weighted by Crippen LogP contribution is 2.12. The minimum Gasteiger partial charge on any atom is -0.345 e. The van der Waals surface area contributed by atoms with Crippen LogP contribution in [0.4, 0.5) is 0 Å². The number of carbonyl (C=O) groups excluding carboxylic acids is 1. The second-order valence-electron chi connectivity index (χ2n) is 5.94. The van der Waals surface area contributed by atoms with E-state index in [-0.39, 0.29) is 17.3 Å². The molecular weight excluding hydrogens is 418 g/mol. The summed E-state index contributed by atoms with van der Waals surface area (Å²) in [5, 5.41) is 11.3. The molecule has 3 aromatic rings. The number of hydrogen-bond donors (Lipinski definition) is 3. The van der Waals surface area contributed by atoms with Gasteiger partial charge in [0, 0.05) is 24.0 Å². The van der Waals surface area contributed by atoms with Gasteiger partial charge in [0.2, 0.25) is 10.0 Å². The Labute approximate surface area is 171 Å². The molecule has 0 atom stereocenters. The van der Waals surface area contributed by atoms with Gasteiger partial charge >= 0.3 is 0 Å². The molecule has 0 saturated heterocycles. The Morgan fingerprint density at radius 1 is 1.29 bits per heavy atom. The molecule has 2 aromatic heterocycles. The maximum absolute atomic E-state index is 12.4. The van der Waals surface area contributed by atoms with E-state index >= 15 is 0 Å². The van der Waals surface area contributed by atoms with Crippen molar-refractivity contribution in [2.75, 3.05) is 6.54 Å². The average molecular weight is 438 g/mol. The van der Waals surface area contributed by atoms with Crippen LogP contribution in [0.5, 0.6) is 0 Å². The van der Waals surface area contributed by atoms with Crippen molar-refractivity contribution in [3.8, 4) is 0 Å². The van der Waals surface area contributed by atoms with Gasteiger partial charge in [-0.05, 0) is 54.4 Å². The largest absolute Gasteiger partial charge is 0.345 e. The number of nitrogens with one attached hydrogen (secondary N) is 3. The SMILES string of the molecule is Cn1c(CNC(=O)c2ccc(S(=O)(=O)NCCc3cccs3)cc2)n[nH]c1=S. The first-order chi connectivity index (χ1) is 13.4. The monoisotopic (exact) mass is 437 g/mol. The molecule has 0 fully saturated rings. The van der Waals surface area contributed by atoms with E-state index in [4.69, 9.17) is 12.2 Å². The van der Waals surface area contributed by atoms with E-state index in [0.29, 0.717) is 29.1 Å². The molecule has 8 nitrogen and oxygen atoms in total. The van der Waals surface area contributed by atoms with Crippen molar-refractivity contribution >= 4 is 39.5 Å². The molecule has 0 aliphatic rings. The number of carbonyl (C=O) groups is 1. The summed E-state index contributed by atoms with van der Waals surface area (Å²) in [6.45, 7) is 0.517. The molecule has 2 heterocycles. The van der Waals surface area contributed by atoms with Crippen molar-refractivity contribution in [2.45, 2.75) is 17.9 Å². The molecule has 0 unspecified atom stereocenters. The Hall–Kier alpha value is -2.34. The fourth-order valence-corrected chi connectivity index (χ4v) is 4.32.